The smallest absolute Gasteiger partial charge is 0.244 e. The minimum absolute atomic E-state index is 0.0300. The molecule has 2 bridgehead atoms. The SMILES string of the molecule is CC(=O)N=C1S[C@@H]2CS(=O)(=O)C[C@@H]2N1[C@H]1C[C@H]2CC[C@H]1C2. The highest BCUT2D eigenvalue weighted by molar-refractivity contribution is 8.15. The summed E-state index contributed by atoms with van der Waals surface area (Å²) in [5.74, 6) is 1.73. The number of nitrogens with zero attached hydrogens (tertiary/aromatic N) is 2. The fraction of sp³-hybridized carbons (Fsp3) is 0.857. The third-order valence-corrected chi connectivity index (χ3v) is 8.64. The van der Waals surface area contributed by atoms with Gasteiger partial charge in [-0.1, -0.05) is 18.2 Å². The first-order chi connectivity index (χ1) is 9.93. The molecule has 5 atom stereocenters. The van der Waals surface area contributed by atoms with Gasteiger partial charge in [-0.15, -0.1) is 0 Å². The van der Waals surface area contributed by atoms with E-state index in [1.807, 2.05) is 0 Å². The summed E-state index contributed by atoms with van der Waals surface area (Å²) in [6, 6.07) is 0.431. The summed E-state index contributed by atoms with van der Waals surface area (Å²) in [5, 5.41) is 0.845. The highest BCUT2D eigenvalue weighted by atomic mass is 32.2. The van der Waals surface area contributed by atoms with E-state index in [9.17, 15) is 13.2 Å². The maximum atomic E-state index is 11.9. The zero-order valence-corrected chi connectivity index (χ0v) is 13.7. The van der Waals surface area contributed by atoms with Crippen LogP contribution < -0.4 is 0 Å². The van der Waals surface area contributed by atoms with Crippen LogP contribution in [0.25, 0.3) is 0 Å². The number of aliphatic imine (C=N–C) groups is 1. The highest BCUT2D eigenvalue weighted by Gasteiger charge is 2.54. The van der Waals surface area contributed by atoms with Crippen LogP contribution in [0.2, 0.25) is 0 Å². The first-order valence-corrected chi connectivity index (χ1v) is 10.4. The number of hydrogen-bond acceptors (Lipinski definition) is 4. The van der Waals surface area contributed by atoms with Crippen LogP contribution in [0.4, 0.5) is 0 Å². The lowest BCUT2D eigenvalue weighted by molar-refractivity contribution is -0.115. The molecule has 0 aromatic carbocycles. The van der Waals surface area contributed by atoms with Crippen molar-refractivity contribution < 1.29 is 13.2 Å². The molecule has 2 saturated heterocycles. The first kappa shape index (κ1) is 14.1. The van der Waals surface area contributed by atoms with Crippen molar-refractivity contribution in [1.29, 1.82) is 0 Å². The van der Waals surface area contributed by atoms with Gasteiger partial charge in [-0.3, -0.25) is 4.79 Å². The molecule has 0 radical (unpaired) electrons. The molecular formula is C14H20N2O3S2. The van der Waals surface area contributed by atoms with Crippen molar-refractivity contribution in [2.45, 2.75) is 49.9 Å². The van der Waals surface area contributed by atoms with Crippen molar-refractivity contribution >= 4 is 32.7 Å². The summed E-state index contributed by atoms with van der Waals surface area (Å²) in [4.78, 5) is 17.8. The molecule has 4 rings (SSSR count). The molecule has 4 aliphatic rings. The van der Waals surface area contributed by atoms with Gasteiger partial charge in [0.15, 0.2) is 15.0 Å². The van der Waals surface area contributed by atoms with Gasteiger partial charge >= 0.3 is 0 Å². The van der Waals surface area contributed by atoms with Crippen molar-refractivity contribution in [1.82, 2.24) is 4.90 Å². The van der Waals surface area contributed by atoms with Crippen LogP contribution >= 0.6 is 11.8 Å². The van der Waals surface area contributed by atoms with Crippen LogP contribution in [0.3, 0.4) is 0 Å². The molecule has 2 aliphatic carbocycles. The van der Waals surface area contributed by atoms with Gasteiger partial charge in [-0.2, -0.15) is 4.99 Å². The minimum atomic E-state index is -2.94. The van der Waals surface area contributed by atoms with E-state index in [2.05, 4.69) is 9.89 Å². The lowest BCUT2D eigenvalue weighted by atomic mass is 9.93. The quantitative estimate of drug-likeness (QED) is 0.726. The number of amidine groups is 1. The van der Waals surface area contributed by atoms with Crippen molar-refractivity contribution in [3.8, 4) is 0 Å². The Balaban J connectivity index is 1.67. The van der Waals surface area contributed by atoms with Gasteiger partial charge in [-0.25, -0.2) is 8.42 Å². The summed E-state index contributed by atoms with van der Waals surface area (Å²) in [7, 11) is -2.94. The number of thioether (sulfide) groups is 1. The van der Waals surface area contributed by atoms with Crippen LogP contribution in [0.5, 0.6) is 0 Å². The number of fused-ring (bicyclic) bond motifs is 3. The van der Waals surface area contributed by atoms with Crippen molar-refractivity contribution in [3.05, 3.63) is 0 Å². The maximum Gasteiger partial charge on any atom is 0.244 e. The Labute approximate surface area is 129 Å². The summed E-state index contributed by atoms with van der Waals surface area (Å²) in [6.45, 7) is 1.47. The fourth-order valence-electron chi connectivity index (χ4n) is 4.67. The van der Waals surface area contributed by atoms with Crippen molar-refractivity contribution in [2.75, 3.05) is 11.5 Å². The van der Waals surface area contributed by atoms with Gasteiger partial charge in [0.05, 0.1) is 17.5 Å². The van der Waals surface area contributed by atoms with E-state index in [1.165, 1.54) is 37.9 Å². The highest BCUT2D eigenvalue weighted by Crippen LogP contribution is 2.51. The molecule has 2 aliphatic heterocycles. The fourth-order valence-corrected chi connectivity index (χ4v) is 8.68. The normalized spacial score (nSPS) is 45.5. The zero-order valence-electron chi connectivity index (χ0n) is 12.1. The van der Waals surface area contributed by atoms with E-state index in [-0.39, 0.29) is 28.7 Å². The Kier molecular flexibility index (Phi) is 3.16. The Hall–Kier alpha value is -0.560. The second kappa shape index (κ2) is 4.72. The van der Waals surface area contributed by atoms with Gasteiger partial charge in [0.25, 0.3) is 0 Å². The summed E-state index contributed by atoms with van der Waals surface area (Å²) in [6.07, 6.45) is 4.97. The van der Waals surface area contributed by atoms with E-state index >= 15 is 0 Å². The van der Waals surface area contributed by atoms with E-state index in [4.69, 9.17) is 0 Å². The molecule has 21 heavy (non-hydrogen) atoms. The molecule has 2 saturated carbocycles. The zero-order chi connectivity index (χ0) is 14.8. The molecule has 116 valence electrons. The first-order valence-electron chi connectivity index (χ1n) is 7.67. The van der Waals surface area contributed by atoms with E-state index < -0.39 is 9.84 Å². The average molecular weight is 328 g/mol. The minimum Gasteiger partial charge on any atom is -0.343 e. The number of rotatable bonds is 1. The van der Waals surface area contributed by atoms with Crippen LogP contribution in [-0.4, -0.2) is 53.2 Å². The Morgan fingerprint density at radius 2 is 2.05 bits per heavy atom. The van der Waals surface area contributed by atoms with Crippen molar-refractivity contribution in [2.24, 2.45) is 16.8 Å². The largest absolute Gasteiger partial charge is 0.343 e. The predicted molar refractivity (Wildman–Crippen MR) is 83.0 cm³/mol. The van der Waals surface area contributed by atoms with Gasteiger partial charge in [0, 0.05) is 18.2 Å². The van der Waals surface area contributed by atoms with Gasteiger partial charge in [-0.05, 0) is 31.1 Å². The van der Waals surface area contributed by atoms with Crippen LogP contribution in [0, 0.1) is 11.8 Å². The molecule has 0 unspecified atom stereocenters. The Morgan fingerprint density at radius 3 is 2.67 bits per heavy atom. The molecule has 0 spiro atoms. The summed E-state index contributed by atoms with van der Waals surface area (Å²) >= 11 is 1.51. The number of carbonyl (C=O) groups is 1. The molecule has 1 amide bonds. The molecular weight excluding hydrogens is 308 g/mol. The van der Waals surface area contributed by atoms with Crippen LogP contribution in [0.15, 0.2) is 4.99 Å². The summed E-state index contributed by atoms with van der Waals surface area (Å²) < 4.78 is 23.9. The Morgan fingerprint density at radius 1 is 1.24 bits per heavy atom. The third-order valence-electron chi connectivity index (χ3n) is 5.42. The van der Waals surface area contributed by atoms with Gasteiger partial charge < -0.3 is 4.90 Å². The molecule has 0 N–H and O–H groups in total. The Bertz CT molecular complexity index is 616. The molecule has 5 nitrogen and oxygen atoms in total. The maximum absolute atomic E-state index is 11.9. The third kappa shape index (κ3) is 2.32. The van der Waals surface area contributed by atoms with E-state index in [1.54, 1.807) is 0 Å². The van der Waals surface area contributed by atoms with Crippen molar-refractivity contribution in [3.63, 3.8) is 0 Å². The predicted octanol–water partition coefficient (Wildman–Crippen LogP) is 1.29. The number of amides is 1. The number of sulfone groups is 1. The molecule has 0 aromatic rings. The lowest BCUT2D eigenvalue weighted by Gasteiger charge is -2.36. The second-order valence-corrected chi connectivity index (χ2v) is 10.2. The van der Waals surface area contributed by atoms with Gasteiger partial charge in [0.1, 0.15) is 0 Å². The van der Waals surface area contributed by atoms with Crippen LogP contribution in [0.1, 0.15) is 32.6 Å². The molecule has 2 heterocycles. The molecule has 7 heteroatoms. The van der Waals surface area contributed by atoms with Crippen LogP contribution in [-0.2, 0) is 14.6 Å². The standard InChI is InChI=1S/C14H20N2O3S2/c1-8(17)15-14-16(11-5-9-2-3-10(11)4-9)12-6-21(18,19)7-13(12)20-14/h9-13H,2-7H2,1H3/t9-,10-,11-,12-,13+/m0/s1. The number of hydrogen-bond donors (Lipinski definition) is 0. The average Bonchev–Trinajstić information content (AvgIpc) is 3.07. The molecule has 4 fully saturated rings. The second-order valence-electron chi connectivity index (χ2n) is 6.86. The van der Waals surface area contributed by atoms with E-state index in [0.29, 0.717) is 12.0 Å². The summed E-state index contributed by atoms with van der Waals surface area (Å²) in [5.41, 5.74) is 0. The lowest BCUT2D eigenvalue weighted by Crippen LogP contribution is -2.47. The van der Waals surface area contributed by atoms with Gasteiger partial charge in [0.2, 0.25) is 5.91 Å². The topological polar surface area (TPSA) is 66.8 Å². The number of carbonyl (C=O) groups excluding carboxylic acids is 1. The monoisotopic (exact) mass is 328 g/mol. The molecule has 0 aromatic heterocycles. The van der Waals surface area contributed by atoms with E-state index in [0.717, 1.165) is 17.5 Å².